The quantitative estimate of drug-likeness (QED) is 0.255. The summed E-state index contributed by atoms with van der Waals surface area (Å²) in [5.41, 5.74) is 2.14. The third-order valence-electron chi connectivity index (χ3n) is 5.33. The lowest BCUT2D eigenvalue weighted by Gasteiger charge is -2.11. The van der Waals surface area contributed by atoms with Crippen LogP contribution in [0.2, 0.25) is 0 Å². The predicted octanol–water partition coefficient (Wildman–Crippen LogP) is 6.88. The average molecular weight is 516 g/mol. The normalized spacial score (nSPS) is 11.1. The van der Waals surface area contributed by atoms with Gasteiger partial charge in [0.25, 0.3) is 5.91 Å². The maximum atomic E-state index is 13.0. The molecule has 0 spiro atoms. The molecule has 10 heteroatoms. The van der Waals surface area contributed by atoms with Gasteiger partial charge < -0.3 is 14.8 Å². The van der Waals surface area contributed by atoms with Gasteiger partial charge in [-0.15, -0.1) is 18.3 Å². The second kappa shape index (κ2) is 10.5. The van der Waals surface area contributed by atoms with Crippen molar-refractivity contribution < 1.29 is 27.4 Å². The Labute approximate surface area is 215 Å². The van der Waals surface area contributed by atoms with Crippen molar-refractivity contribution >= 4 is 11.6 Å². The van der Waals surface area contributed by atoms with Crippen LogP contribution in [0, 0.1) is 0 Å². The van der Waals surface area contributed by atoms with Gasteiger partial charge in [0.15, 0.2) is 5.82 Å². The summed E-state index contributed by atoms with van der Waals surface area (Å²) in [5, 5.41) is 7.24. The third-order valence-corrected chi connectivity index (χ3v) is 5.33. The van der Waals surface area contributed by atoms with Crippen LogP contribution < -0.4 is 14.8 Å². The van der Waals surface area contributed by atoms with Gasteiger partial charge in [-0.1, -0.05) is 30.3 Å². The number of aromatic nitrogens is 3. The van der Waals surface area contributed by atoms with E-state index in [1.54, 1.807) is 60.7 Å². The summed E-state index contributed by atoms with van der Waals surface area (Å²) in [7, 11) is 0. The van der Waals surface area contributed by atoms with Crippen molar-refractivity contribution in [1.82, 2.24) is 14.8 Å². The first-order chi connectivity index (χ1) is 18.3. The molecule has 0 saturated carbocycles. The van der Waals surface area contributed by atoms with Crippen molar-refractivity contribution in [2.24, 2.45) is 0 Å². The molecule has 190 valence electrons. The van der Waals surface area contributed by atoms with Gasteiger partial charge in [-0.3, -0.25) is 4.79 Å². The second-order valence-corrected chi connectivity index (χ2v) is 8.00. The molecule has 1 N–H and O–H groups in total. The van der Waals surface area contributed by atoms with E-state index in [1.807, 2.05) is 18.2 Å². The molecule has 1 heterocycles. The highest BCUT2D eigenvalue weighted by atomic mass is 19.4. The summed E-state index contributed by atoms with van der Waals surface area (Å²) in [4.78, 5) is 17.2. The van der Waals surface area contributed by atoms with Crippen LogP contribution in [0.15, 0.2) is 109 Å². The number of amides is 1. The molecule has 0 radical (unpaired) electrons. The molecule has 0 atom stereocenters. The molecule has 1 aromatic heterocycles. The van der Waals surface area contributed by atoms with Crippen LogP contribution in [0.3, 0.4) is 0 Å². The van der Waals surface area contributed by atoms with Gasteiger partial charge in [0.05, 0.1) is 11.3 Å². The topological polar surface area (TPSA) is 78.3 Å². The summed E-state index contributed by atoms with van der Waals surface area (Å²) in [6.07, 6.45) is -3.30. The van der Waals surface area contributed by atoms with E-state index in [4.69, 9.17) is 4.74 Å². The number of hydrogen-bond donors (Lipinski definition) is 1. The maximum absolute atomic E-state index is 13.0. The van der Waals surface area contributed by atoms with Crippen LogP contribution in [0.1, 0.15) is 10.4 Å². The zero-order valence-corrected chi connectivity index (χ0v) is 19.6. The molecule has 0 aliphatic heterocycles. The van der Waals surface area contributed by atoms with Crippen LogP contribution in [0.5, 0.6) is 17.2 Å². The number of hydrogen-bond acceptors (Lipinski definition) is 5. The lowest BCUT2D eigenvalue weighted by molar-refractivity contribution is -0.274. The lowest BCUT2D eigenvalue weighted by Crippen LogP contribution is -2.17. The highest BCUT2D eigenvalue weighted by Crippen LogP contribution is 2.27. The highest BCUT2D eigenvalue weighted by Gasteiger charge is 2.31. The summed E-state index contributed by atoms with van der Waals surface area (Å²) in [6.45, 7) is 0. The van der Waals surface area contributed by atoms with Gasteiger partial charge >= 0.3 is 6.36 Å². The number of halogens is 3. The molecule has 7 nitrogen and oxygen atoms in total. The summed E-state index contributed by atoms with van der Waals surface area (Å²) in [5.74, 6) is 0.799. The third kappa shape index (κ3) is 5.98. The van der Waals surface area contributed by atoms with Crippen LogP contribution in [-0.2, 0) is 0 Å². The number of benzene rings is 4. The van der Waals surface area contributed by atoms with Gasteiger partial charge in [-0.05, 0) is 72.8 Å². The van der Waals surface area contributed by atoms with Gasteiger partial charge in [0, 0.05) is 11.3 Å². The minimum Gasteiger partial charge on any atom is -0.457 e. The molecule has 5 aromatic rings. The van der Waals surface area contributed by atoms with Gasteiger partial charge in [-0.25, -0.2) is 9.67 Å². The molecular formula is C28H19F3N4O3. The lowest BCUT2D eigenvalue weighted by atomic mass is 10.1. The summed E-state index contributed by atoms with van der Waals surface area (Å²) in [6, 6.07) is 28.4. The average Bonchev–Trinajstić information content (AvgIpc) is 3.40. The number of ether oxygens (including phenoxy) is 2. The first kappa shape index (κ1) is 24.6. The molecule has 0 aliphatic rings. The number of alkyl halides is 3. The number of carbonyl (C=O) groups excluding carboxylic acids is 1. The molecule has 0 aliphatic carbocycles. The fourth-order valence-corrected chi connectivity index (χ4v) is 3.58. The Bertz CT molecular complexity index is 1530. The van der Waals surface area contributed by atoms with Crippen molar-refractivity contribution in [3.05, 3.63) is 115 Å². The predicted molar refractivity (Wildman–Crippen MR) is 134 cm³/mol. The van der Waals surface area contributed by atoms with E-state index < -0.39 is 6.36 Å². The largest absolute Gasteiger partial charge is 0.573 e. The molecular weight excluding hydrogens is 497 g/mol. The molecule has 4 aromatic carbocycles. The van der Waals surface area contributed by atoms with E-state index in [-0.39, 0.29) is 11.7 Å². The van der Waals surface area contributed by atoms with Crippen molar-refractivity contribution in [3.8, 4) is 34.3 Å². The van der Waals surface area contributed by atoms with E-state index in [0.717, 1.165) is 0 Å². The molecule has 0 unspecified atom stereocenters. The van der Waals surface area contributed by atoms with Crippen molar-refractivity contribution in [1.29, 1.82) is 0 Å². The SMILES string of the molecule is O=C(Nc1ccc(-c2ncn(-c3ccc(OC(F)(F)F)cc3)n2)cc1)c1ccccc1Oc1ccccc1. The Hall–Kier alpha value is -5.12. The zero-order chi connectivity index (χ0) is 26.5. The monoisotopic (exact) mass is 516 g/mol. The fourth-order valence-electron chi connectivity index (χ4n) is 3.58. The van der Waals surface area contributed by atoms with Gasteiger partial charge in [0.1, 0.15) is 23.6 Å². The Morgan fingerprint density at radius 2 is 1.47 bits per heavy atom. The zero-order valence-electron chi connectivity index (χ0n) is 19.6. The van der Waals surface area contributed by atoms with Crippen LogP contribution in [-0.4, -0.2) is 27.0 Å². The maximum Gasteiger partial charge on any atom is 0.573 e. The molecule has 0 bridgehead atoms. The van der Waals surface area contributed by atoms with Gasteiger partial charge in [0.2, 0.25) is 0 Å². The Balaban J connectivity index is 1.26. The van der Waals surface area contributed by atoms with Crippen LogP contribution in [0.25, 0.3) is 17.1 Å². The first-order valence-corrected chi connectivity index (χ1v) is 11.4. The van der Waals surface area contributed by atoms with Crippen molar-refractivity contribution in [2.75, 3.05) is 5.32 Å². The highest BCUT2D eigenvalue weighted by molar-refractivity contribution is 6.06. The van der Waals surface area contributed by atoms with E-state index in [1.165, 1.54) is 35.3 Å². The Kier molecular flexibility index (Phi) is 6.77. The minimum absolute atomic E-state index is 0.325. The number of rotatable bonds is 7. The molecule has 38 heavy (non-hydrogen) atoms. The van der Waals surface area contributed by atoms with Crippen molar-refractivity contribution in [3.63, 3.8) is 0 Å². The number of para-hydroxylation sites is 2. The number of carbonyl (C=O) groups is 1. The van der Waals surface area contributed by atoms with E-state index in [0.29, 0.717) is 39.8 Å². The number of anilines is 1. The smallest absolute Gasteiger partial charge is 0.457 e. The van der Waals surface area contributed by atoms with E-state index >= 15 is 0 Å². The van der Waals surface area contributed by atoms with Crippen molar-refractivity contribution in [2.45, 2.75) is 6.36 Å². The molecule has 1 amide bonds. The standard InChI is InChI=1S/C28H19F3N4O3/c29-28(30,31)38-23-16-14-21(15-17-23)35-18-32-26(34-35)19-10-12-20(13-11-19)33-27(36)24-8-4-5-9-25(24)37-22-6-2-1-3-7-22/h1-18H,(H,33,36). The van der Waals surface area contributed by atoms with Gasteiger partial charge in [-0.2, -0.15) is 0 Å². The first-order valence-electron chi connectivity index (χ1n) is 11.4. The number of nitrogens with zero attached hydrogens (tertiary/aromatic N) is 3. The summed E-state index contributed by atoms with van der Waals surface area (Å²) >= 11 is 0. The van der Waals surface area contributed by atoms with Crippen LogP contribution >= 0.6 is 0 Å². The summed E-state index contributed by atoms with van der Waals surface area (Å²) < 4.78 is 48.3. The van der Waals surface area contributed by atoms with Crippen LogP contribution in [0.4, 0.5) is 18.9 Å². The minimum atomic E-state index is -4.76. The Morgan fingerprint density at radius 3 is 2.18 bits per heavy atom. The fraction of sp³-hybridized carbons (Fsp3) is 0.0357. The molecule has 0 saturated heterocycles. The second-order valence-electron chi connectivity index (χ2n) is 8.00. The Morgan fingerprint density at radius 1 is 0.789 bits per heavy atom. The van der Waals surface area contributed by atoms with E-state index in [9.17, 15) is 18.0 Å². The molecule has 0 fully saturated rings. The number of nitrogens with one attached hydrogen (secondary N) is 1. The molecule has 5 rings (SSSR count). The van der Waals surface area contributed by atoms with E-state index in [2.05, 4.69) is 20.1 Å².